The summed E-state index contributed by atoms with van der Waals surface area (Å²) >= 11 is 0. The van der Waals surface area contributed by atoms with Gasteiger partial charge in [0.2, 0.25) is 0 Å². The Balaban J connectivity index is 0.00000176. The molecule has 1 unspecified atom stereocenters. The van der Waals surface area contributed by atoms with Gasteiger partial charge in [-0.3, -0.25) is 9.69 Å². The molecule has 0 aliphatic carbocycles. The van der Waals surface area contributed by atoms with Crippen LogP contribution >= 0.6 is 0 Å². The Kier molecular flexibility index (Phi) is 8.84. The van der Waals surface area contributed by atoms with Crippen LogP contribution in [0.15, 0.2) is 64.9 Å². The van der Waals surface area contributed by atoms with E-state index in [1.165, 1.54) is 17.7 Å². The van der Waals surface area contributed by atoms with Gasteiger partial charge in [0.1, 0.15) is 5.82 Å². The van der Waals surface area contributed by atoms with Gasteiger partial charge in [0, 0.05) is 48.7 Å². The van der Waals surface area contributed by atoms with Crippen molar-refractivity contribution in [2.75, 3.05) is 30.3 Å². The molecule has 0 radical (unpaired) electrons. The average Bonchev–Trinajstić information content (AvgIpc) is 3.33. The normalized spacial score (nSPS) is 18.5. The van der Waals surface area contributed by atoms with E-state index >= 15 is 0 Å². The Morgan fingerprint density at radius 2 is 2.00 bits per heavy atom. The van der Waals surface area contributed by atoms with Gasteiger partial charge < -0.3 is 15.6 Å². The van der Waals surface area contributed by atoms with Crippen LogP contribution in [0.1, 0.15) is 52.2 Å². The number of halogens is 3. The van der Waals surface area contributed by atoms with Crippen LogP contribution in [0.2, 0.25) is 0 Å². The van der Waals surface area contributed by atoms with Gasteiger partial charge >= 0.3 is 6.18 Å². The first kappa shape index (κ1) is 27.3. The summed E-state index contributed by atoms with van der Waals surface area (Å²) in [5.74, 6) is 0.648. The Morgan fingerprint density at radius 1 is 1.25 bits per heavy atom. The maximum Gasteiger partial charge on any atom is 0.416 e. The van der Waals surface area contributed by atoms with Crippen LogP contribution in [0.3, 0.4) is 0 Å². The van der Waals surface area contributed by atoms with E-state index in [2.05, 4.69) is 33.5 Å². The summed E-state index contributed by atoms with van der Waals surface area (Å²) in [5.41, 5.74) is 4.36. The lowest BCUT2D eigenvalue weighted by Crippen LogP contribution is -2.41. The van der Waals surface area contributed by atoms with Gasteiger partial charge in [-0.1, -0.05) is 31.6 Å². The topological polar surface area (TPSA) is 60.2 Å². The fraction of sp³-hybridized carbons (Fsp3) is 0.393. The number of aromatic amines is 1. The lowest BCUT2D eigenvalue weighted by atomic mass is 9.88. The van der Waals surface area contributed by atoms with E-state index < -0.39 is 17.6 Å². The van der Waals surface area contributed by atoms with Crippen molar-refractivity contribution < 1.29 is 18.0 Å². The third kappa shape index (κ3) is 6.10. The monoisotopic (exact) mass is 500 g/mol. The maximum absolute atomic E-state index is 13.0. The molecule has 1 aromatic carbocycles. The molecule has 2 aliphatic rings. The molecule has 0 saturated carbocycles. The molecular formula is C28H35F3N4O. The molecule has 3 heterocycles. The Bertz CT molecular complexity index is 1170. The molecule has 4 rings (SSSR count). The maximum atomic E-state index is 13.0. The second-order valence-electron chi connectivity index (χ2n) is 8.76. The molecular weight excluding hydrogens is 465 g/mol. The molecule has 8 heteroatoms. The highest BCUT2D eigenvalue weighted by molar-refractivity contribution is 6.07. The largest absolute Gasteiger partial charge is 0.416 e. The second-order valence-corrected chi connectivity index (χ2v) is 8.76. The molecule has 0 spiro atoms. The Hall–Kier alpha value is -3.26. The highest BCUT2D eigenvalue weighted by Crippen LogP contribution is 2.33. The third-order valence-electron chi connectivity index (χ3n) is 6.64. The number of hydrogen-bond acceptors (Lipinski definition) is 3. The summed E-state index contributed by atoms with van der Waals surface area (Å²) in [6.07, 6.45) is 2.11. The zero-order valence-corrected chi connectivity index (χ0v) is 21.5. The number of carbonyl (C=O) groups is 1. The smallest absolute Gasteiger partial charge is 0.367 e. The van der Waals surface area contributed by atoms with Crippen LogP contribution < -0.4 is 10.6 Å². The lowest BCUT2D eigenvalue weighted by molar-refractivity contribution is -0.137. The predicted octanol–water partition coefficient (Wildman–Crippen LogP) is 6.86. The number of allylic oxidation sites excluding steroid dienone is 1. The first-order valence-electron chi connectivity index (χ1n) is 12.4. The second kappa shape index (κ2) is 11.6. The van der Waals surface area contributed by atoms with Crippen LogP contribution in [0.4, 0.5) is 24.7 Å². The molecule has 36 heavy (non-hydrogen) atoms. The van der Waals surface area contributed by atoms with Crippen molar-refractivity contribution in [2.45, 2.75) is 53.3 Å². The van der Waals surface area contributed by atoms with Gasteiger partial charge in [-0.15, -0.1) is 0 Å². The number of rotatable bonds is 5. The first-order chi connectivity index (χ1) is 17.2. The van der Waals surface area contributed by atoms with E-state index in [1.54, 1.807) is 13.0 Å². The number of alkyl halides is 3. The number of H-pyrrole nitrogens is 1. The summed E-state index contributed by atoms with van der Waals surface area (Å²) < 4.78 is 39.1. The molecule has 194 valence electrons. The van der Waals surface area contributed by atoms with Gasteiger partial charge in [0.25, 0.3) is 5.91 Å². The number of carbonyl (C=O) groups excluding carboxylic acids is 1. The fourth-order valence-electron chi connectivity index (χ4n) is 4.64. The van der Waals surface area contributed by atoms with Crippen LogP contribution in [0, 0.1) is 0 Å². The molecule has 0 bridgehead atoms. The standard InChI is InChI=1S/C26H29F3N4O.C2H6/c1-4-22(25(34)32-21-7-5-6-20(13-21)26(27,28)29)23-9-11-33(17(3)16(23)2)15-18-12-19-8-10-30-24(19)31-14-18;1-2/h4-8,10,12-13,17,30-31H,9,11,14-15H2,1-3H3,(H,32,34);1-2H3/b22-4+;. The van der Waals surface area contributed by atoms with Crippen molar-refractivity contribution in [3.05, 3.63) is 76.0 Å². The van der Waals surface area contributed by atoms with Crippen molar-refractivity contribution >= 4 is 23.5 Å². The summed E-state index contributed by atoms with van der Waals surface area (Å²) in [6, 6.07) is 6.89. The SMILES string of the molecule is C/C=C(/C(=O)Nc1cccc(C(F)(F)F)c1)C1=C(C)C(C)N(CC2=Cc3cc[nH]c3NC2)CC1.CC. The lowest BCUT2D eigenvalue weighted by Gasteiger charge is -2.37. The molecule has 5 nitrogen and oxygen atoms in total. The molecule has 0 saturated heterocycles. The summed E-state index contributed by atoms with van der Waals surface area (Å²) in [7, 11) is 0. The Morgan fingerprint density at radius 3 is 2.69 bits per heavy atom. The minimum atomic E-state index is -4.46. The van der Waals surface area contributed by atoms with E-state index in [-0.39, 0.29) is 11.7 Å². The molecule has 3 N–H and O–H groups in total. The van der Waals surface area contributed by atoms with E-state index in [1.807, 2.05) is 33.0 Å². The highest BCUT2D eigenvalue weighted by atomic mass is 19.4. The number of anilines is 2. The summed E-state index contributed by atoms with van der Waals surface area (Å²) in [5, 5.41) is 6.05. The van der Waals surface area contributed by atoms with Crippen molar-refractivity contribution in [3.8, 4) is 0 Å². The van der Waals surface area contributed by atoms with Gasteiger partial charge in [-0.25, -0.2) is 0 Å². The average molecular weight is 501 g/mol. The molecule has 0 fully saturated rings. The zero-order chi connectivity index (χ0) is 26.5. The summed E-state index contributed by atoms with van der Waals surface area (Å²) in [4.78, 5) is 18.6. The number of amides is 1. The van der Waals surface area contributed by atoms with Gasteiger partial charge in [-0.2, -0.15) is 13.2 Å². The van der Waals surface area contributed by atoms with Gasteiger partial charge in [0.05, 0.1) is 5.56 Å². The van der Waals surface area contributed by atoms with Crippen molar-refractivity contribution in [2.24, 2.45) is 0 Å². The molecule has 2 aliphatic heterocycles. The molecule has 2 aromatic rings. The number of nitrogens with one attached hydrogen (secondary N) is 3. The molecule has 1 amide bonds. The van der Waals surface area contributed by atoms with Crippen molar-refractivity contribution in [1.29, 1.82) is 0 Å². The zero-order valence-electron chi connectivity index (χ0n) is 21.5. The van der Waals surface area contributed by atoms with Gasteiger partial charge in [0.15, 0.2) is 0 Å². The van der Waals surface area contributed by atoms with E-state index in [0.717, 1.165) is 54.3 Å². The van der Waals surface area contributed by atoms with E-state index in [4.69, 9.17) is 0 Å². The van der Waals surface area contributed by atoms with Crippen molar-refractivity contribution in [3.63, 3.8) is 0 Å². The van der Waals surface area contributed by atoms with Crippen LogP contribution in [0.25, 0.3) is 6.08 Å². The quantitative estimate of drug-likeness (QED) is 0.393. The molecule has 1 atom stereocenters. The Labute approximate surface area is 211 Å². The van der Waals surface area contributed by atoms with Gasteiger partial charge in [-0.05, 0) is 68.7 Å². The van der Waals surface area contributed by atoms with Crippen LogP contribution in [-0.2, 0) is 11.0 Å². The number of hydrogen-bond donors (Lipinski definition) is 3. The number of fused-ring (bicyclic) bond motifs is 1. The minimum Gasteiger partial charge on any atom is -0.367 e. The minimum absolute atomic E-state index is 0.128. The van der Waals surface area contributed by atoms with Crippen LogP contribution in [-0.4, -0.2) is 41.5 Å². The number of nitrogens with zero attached hydrogens (tertiary/aromatic N) is 1. The van der Waals surface area contributed by atoms with E-state index in [0.29, 0.717) is 12.0 Å². The van der Waals surface area contributed by atoms with E-state index in [9.17, 15) is 18.0 Å². The number of benzene rings is 1. The summed E-state index contributed by atoms with van der Waals surface area (Å²) in [6.45, 7) is 12.3. The van der Waals surface area contributed by atoms with Crippen LogP contribution in [0.5, 0.6) is 0 Å². The first-order valence-corrected chi connectivity index (χ1v) is 12.4. The fourth-order valence-corrected chi connectivity index (χ4v) is 4.64. The van der Waals surface area contributed by atoms with Crippen molar-refractivity contribution in [1.82, 2.24) is 9.88 Å². The molecule has 1 aromatic heterocycles. The third-order valence-corrected chi connectivity index (χ3v) is 6.64. The number of aromatic nitrogens is 1. The highest BCUT2D eigenvalue weighted by Gasteiger charge is 2.31. The predicted molar refractivity (Wildman–Crippen MR) is 141 cm³/mol.